The lowest BCUT2D eigenvalue weighted by Crippen LogP contribution is -2.26. The molecule has 0 saturated carbocycles. The minimum absolute atomic E-state index is 0.0762. The second-order valence-electron chi connectivity index (χ2n) is 4.07. The molecule has 1 amide bonds. The minimum Gasteiger partial charge on any atom is -0.376 e. The van der Waals surface area contributed by atoms with Crippen LogP contribution in [0.1, 0.15) is 11.8 Å². The van der Waals surface area contributed by atoms with E-state index >= 15 is 0 Å². The Balaban J connectivity index is 1.81. The Morgan fingerprint density at radius 3 is 2.70 bits per heavy atom. The summed E-state index contributed by atoms with van der Waals surface area (Å²) in [6.07, 6.45) is 0. The molecule has 0 aliphatic carbocycles. The number of nitrogens with zero attached hydrogens (tertiary/aromatic N) is 1. The van der Waals surface area contributed by atoms with Crippen LogP contribution < -0.4 is 10.7 Å². The minimum atomic E-state index is -0.309. The summed E-state index contributed by atoms with van der Waals surface area (Å²) in [5.74, 6) is -0.568. The van der Waals surface area contributed by atoms with Gasteiger partial charge in [0.2, 0.25) is 0 Å². The Morgan fingerprint density at radius 2 is 2.05 bits per heavy atom. The molecular formula is C14H14FN3OS. The van der Waals surface area contributed by atoms with Gasteiger partial charge in [-0.25, -0.2) is 9.82 Å². The quantitative estimate of drug-likeness (QED) is 0.657. The van der Waals surface area contributed by atoms with Crippen molar-refractivity contribution in [3.8, 4) is 0 Å². The number of benzene rings is 1. The number of amides is 1. The molecule has 0 radical (unpaired) electrons. The topological polar surface area (TPSA) is 53.5 Å². The van der Waals surface area contributed by atoms with E-state index in [1.165, 1.54) is 12.1 Å². The summed E-state index contributed by atoms with van der Waals surface area (Å²) < 4.78 is 12.7. The van der Waals surface area contributed by atoms with Crippen molar-refractivity contribution in [1.82, 2.24) is 5.43 Å². The molecule has 2 N–H and O–H groups in total. The standard InChI is InChI=1S/C14H14FN3OS/c1-10(13-3-2-8-20-13)17-18-14(19)9-16-12-6-4-11(15)5-7-12/h2-8,16H,9H2,1H3,(H,18,19)/b17-10-. The predicted molar refractivity (Wildman–Crippen MR) is 79.6 cm³/mol. The fraction of sp³-hybridized carbons (Fsp3) is 0.143. The summed E-state index contributed by atoms with van der Waals surface area (Å²) in [5, 5.41) is 8.86. The second kappa shape index (κ2) is 6.81. The number of nitrogens with one attached hydrogen (secondary N) is 2. The van der Waals surface area contributed by atoms with Crippen LogP contribution in [0.25, 0.3) is 0 Å². The number of carbonyl (C=O) groups excluding carboxylic acids is 1. The lowest BCUT2D eigenvalue weighted by Gasteiger charge is -2.05. The van der Waals surface area contributed by atoms with E-state index in [0.717, 1.165) is 10.6 Å². The van der Waals surface area contributed by atoms with Crippen LogP contribution >= 0.6 is 11.3 Å². The van der Waals surface area contributed by atoms with E-state index in [4.69, 9.17) is 0 Å². The first-order chi connectivity index (χ1) is 9.65. The van der Waals surface area contributed by atoms with E-state index in [1.807, 2.05) is 24.4 Å². The van der Waals surface area contributed by atoms with Gasteiger partial charge >= 0.3 is 0 Å². The Hall–Kier alpha value is -2.21. The molecule has 1 aromatic heterocycles. The molecule has 0 fully saturated rings. The molecule has 104 valence electrons. The van der Waals surface area contributed by atoms with Crippen molar-refractivity contribution in [2.75, 3.05) is 11.9 Å². The highest BCUT2D eigenvalue weighted by Crippen LogP contribution is 2.09. The third kappa shape index (κ3) is 4.17. The summed E-state index contributed by atoms with van der Waals surface area (Å²) in [4.78, 5) is 12.6. The largest absolute Gasteiger partial charge is 0.376 e. The molecule has 0 bridgehead atoms. The molecule has 0 saturated heterocycles. The van der Waals surface area contributed by atoms with Gasteiger partial charge in [-0.1, -0.05) is 6.07 Å². The number of thiophene rings is 1. The van der Waals surface area contributed by atoms with Gasteiger partial charge in [-0.15, -0.1) is 11.3 Å². The van der Waals surface area contributed by atoms with E-state index in [1.54, 1.807) is 23.5 Å². The number of hydrogen-bond donors (Lipinski definition) is 2. The summed E-state index contributed by atoms with van der Waals surface area (Å²) in [6.45, 7) is 1.91. The van der Waals surface area contributed by atoms with Crippen LogP contribution in [0.2, 0.25) is 0 Å². The van der Waals surface area contributed by atoms with Crippen LogP contribution in [-0.2, 0) is 4.79 Å². The molecule has 1 heterocycles. The second-order valence-corrected chi connectivity index (χ2v) is 5.02. The fourth-order valence-electron chi connectivity index (χ4n) is 1.48. The van der Waals surface area contributed by atoms with Gasteiger partial charge in [0.1, 0.15) is 5.82 Å². The zero-order valence-corrected chi connectivity index (χ0v) is 11.7. The highest BCUT2D eigenvalue weighted by atomic mass is 32.1. The van der Waals surface area contributed by atoms with Crippen molar-refractivity contribution < 1.29 is 9.18 Å². The van der Waals surface area contributed by atoms with Crippen LogP contribution in [0.4, 0.5) is 10.1 Å². The van der Waals surface area contributed by atoms with Crippen LogP contribution in [-0.4, -0.2) is 18.2 Å². The summed E-state index contributed by atoms with van der Waals surface area (Å²) in [7, 11) is 0. The lowest BCUT2D eigenvalue weighted by atomic mass is 10.3. The number of halogens is 1. The molecule has 2 rings (SSSR count). The number of rotatable bonds is 5. The molecule has 0 spiro atoms. The van der Waals surface area contributed by atoms with Crippen molar-refractivity contribution >= 4 is 28.6 Å². The van der Waals surface area contributed by atoms with Crippen molar-refractivity contribution in [3.05, 3.63) is 52.5 Å². The molecule has 20 heavy (non-hydrogen) atoms. The van der Waals surface area contributed by atoms with Crippen molar-refractivity contribution in [2.45, 2.75) is 6.92 Å². The molecule has 0 aliphatic rings. The Kier molecular flexibility index (Phi) is 4.84. The van der Waals surface area contributed by atoms with E-state index < -0.39 is 0 Å². The summed E-state index contributed by atoms with van der Waals surface area (Å²) in [6, 6.07) is 9.67. The Bertz CT molecular complexity index is 593. The van der Waals surface area contributed by atoms with E-state index in [0.29, 0.717) is 5.69 Å². The maximum Gasteiger partial charge on any atom is 0.259 e. The zero-order chi connectivity index (χ0) is 14.4. The van der Waals surface area contributed by atoms with Gasteiger partial charge in [0.25, 0.3) is 5.91 Å². The van der Waals surface area contributed by atoms with E-state index in [2.05, 4.69) is 15.8 Å². The first-order valence-corrected chi connectivity index (χ1v) is 6.89. The maximum atomic E-state index is 12.7. The van der Waals surface area contributed by atoms with Gasteiger partial charge in [-0.2, -0.15) is 5.10 Å². The highest BCUT2D eigenvalue weighted by molar-refractivity contribution is 7.12. The summed E-state index contributed by atoms with van der Waals surface area (Å²) >= 11 is 1.56. The zero-order valence-electron chi connectivity index (χ0n) is 10.9. The Morgan fingerprint density at radius 1 is 1.30 bits per heavy atom. The SMILES string of the molecule is C/C(=N/NC(=O)CNc1ccc(F)cc1)c1cccs1. The molecule has 0 unspecified atom stereocenters. The molecule has 6 heteroatoms. The average Bonchev–Trinajstić information content (AvgIpc) is 2.98. The maximum absolute atomic E-state index is 12.7. The molecule has 0 aliphatic heterocycles. The van der Waals surface area contributed by atoms with Crippen LogP contribution in [0.15, 0.2) is 46.9 Å². The first kappa shape index (κ1) is 14.2. The predicted octanol–water partition coefficient (Wildman–Crippen LogP) is 2.84. The van der Waals surface area contributed by atoms with E-state index in [9.17, 15) is 9.18 Å². The van der Waals surface area contributed by atoms with Gasteiger partial charge in [0, 0.05) is 10.6 Å². The molecular weight excluding hydrogens is 277 g/mol. The number of hydrogen-bond acceptors (Lipinski definition) is 4. The van der Waals surface area contributed by atoms with Crippen LogP contribution in [0.3, 0.4) is 0 Å². The number of carbonyl (C=O) groups is 1. The van der Waals surface area contributed by atoms with Gasteiger partial charge in [0.05, 0.1) is 12.3 Å². The number of anilines is 1. The fourth-order valence-corrected chi connectivity index (χ4v) is 2.15. The van der Waals surface area contributed by atoms with Crippen molar-refractivity contribution in [2.24, 2.45) is 5.10 Å². The van der Waals surface area contributed by atoms with Crippen LogP contribution in [0.5, 0.6) is 0 Å². The van der Waals surface area contributed by atoms with Crippen LogP contribution in [0, 0.1) is 5.82 Å². The van der Waals surface area contributed by atoms with Gasteiger partial charge in [-0.3, -0.25) is 4.79 Å². The smallest absolute Gasteiger partial charge is 0.259 e. The molecule has 0 atom stereocenters. The Labute approximate surface area is 120 Å². The molecule has 4 nitrogen and oxygen atoms in total. The van der Waals surface area contributed by atoms with Gasteiger partial charge in [-0.05, 0) is 42.6 Å². The molecule has 2 aromatic rings. The van der Waals surface area contributed by atoms with Gasteiger partial charge in [0.15, 0.2) is 0 Å². The highest BCUT2D eigenvalue weighted by Gasteiger charge is 2.02. The van der Waals surface area contributed by atoms with E-state index in [-0.39, 0.29) is 18.3 Å². The first-order valence-electron chi connectivity index (χ1n) is 6.01. The molecule has 1 aromatic carbocycles. The monoisotopic (exact) mass is 291 g/mol. The van der Waals surface area contributed by atoms with Gasteiger partial charge < -0.3 is 5.32 Å². The third-order valence-corrected chi connectivity index (χ3v) is 3.50. The lowest BCUT2D eigenvalue weighted by molar-refractivity contribution is -0.119. The summed E-state index contributed by atoms with van der Waals surface area (Å²) in [5.41, 5.74) is 3.91. The van der Waals surface area contributed by atoms with Crippen molar-refractivity contribution in [3.63, 3.8) is 0 Å². The average molecular weight is 291 g/mol. The third-order valence-electron chi connectivity index (χ3n) is 2.52. The normalized spacial score (nSPS) is 11.2. The number of hydrazone groups is 1. The van der Waals surface area contributed by atoms with Crippen molar-refractivity contribution in [1.29, 1.82) is 0 Å².